The molecule has 0 atom stereocenters. The Morgan fingerprint density at radius 1 is 1.04 bits per heavy atom. The second-order valence-corrected chi connectivity index (χ2v) is 7.19. The van der Waals surface area contributed by atoms with Crippen molar-refractivity contribution in [2.75, 3.05) is 18.0 Å². The van der Waals surface area contributed by atoms with Crippen LogP contribution in [0.3, 0.4) is 0 Å². The molecular formula is C22H24N6. The van der Waals surface area contributed by atoms with Gasteiger partial charge in [-0.2, -0.15) is 10.4 Å². The third-order valence-electron chi connectivity index (χ3n) is 5.16. The average Bonchev–Trinajstić information content (AvgIpc) is 3.21. The maximum atomic E-state index is 8.88. The molecule has 4 rings (SSSR count). The van der Waals surface area contributed by atoms with Crippen LogP contribution in [0.25, 0.3) is 0 Å². The number of nitriles is 1. The van der Waals surface area contributed by atoms with Crippen molar-refractivity contribution in [2.24, 2.45) is 0 Å². The van der Waals surface area contributed by atoms with Crippen molar-refractivity contribution >= 4 is 5.82 Å². The summed E-state index contributed by atoms with van der Waals surface area (Å²) >= 11 is 0. The first-order valence-electron chi connectivity index (χ1n) is 9.70. The molecule has 0 spiro atoms. The van der Waals surface area contributed by atoms with Gasteiger partial charge < -0.3 is 10.2 Å². The van der Waals surface area contributed by atoms with Crippen molar-refractivity contribution in [3.05, 3.63) is 77.7 Å². The molecule has 142 valence electrons. The van der Waals surface area contributed by atoms with E-state index in [0.717, 1.165) is 44.8 Å². The number of aromatic nitrogens is 3. The molecule has 6 nitrogen and oxygen atoms in total. The smallest absolute Gasteiger partial charge is 0.128 e. The van der Waals surface area contributed by atoms with Crippen molar-refractivity contribution < 1.29 is 0 Å². The normalized spacial score (nSPS) is 14.8. The van der Waals surface area contributed by atoms with Crippen molar-refractivity contribution in [3.8, 4) is 6.07 Å². The van der Waals surface area contributed by atoms with Crippen LogP contribution < -0.4 is 10.2 Å². The minimum Gasteiger partial charge on any atom is -0.357 e. The first-order chi connectivity index (χ1) is 13.8. The fourth-order valence-corrected chi connectivity index (χ4v) is 3.57. The van der Waals surface area contributed by atoms with E-state index < -0.39 is 0 Å². The van der Waals surface area contributed by atoms with E-state index in [1.807, 2.05) is 29.1 Å². The topological polar surface area (TPSA) is 69.8 Å². The summed E-state index contributed by atoms with van der Waals surface area (Å²) in [5, 5.41) is 17.0. The number of nitrogens with zero attached hydrogens (tertiary/aromatic N) is 5. The van der Waals surface area contributed by atoms with Gasteiger partial charge in [0.2, 0.25) is 0 Å². The van der Waals surface area contributed by atoms with Crippen LogP contribution in [0.5, 0.6) is 0 Å². The van der Waals surface area contributed by atoms with Gasteiger partial charge in [-0.05, 0) is 30.5 Å². The molecule has 0 aliphatic carbocycles. The molecule has 3 heterocycles. The summed E-state index contributed by atoms with van der Waals surface area (Å²) in [6.45, 7) is 3.60. The van der Waals surface area contributed by atoms with Crippen molar-refractivity contribution in [3.63, 3.8) is 0 Å². The Labute approximate surface area is 165 Å². The van der Waals surface area contributed by atoms with Gasteiger partial charge >= 0.3 is 0 Å². The Kier molecular flexibility index (Phi) is 5.64. The van der Waals surface area contributed by atoms with Gasteiger partial charge in [-0.25, -0.2) is 4.98 Å². The molecule has 1 aliphatic heterocycles. The van der Waals surface area contributed by atoms with E-state index in [1.165, 1.54) is 11.1 Å². The SMILES string of the molecule is N#Cc1ccc(N2CCC(NCc3cnn(Cc4ccccc4)c3)CC2)nc1. The largest absolute Gasteiger partial charge is 0.357 e. The summed E-state index contributed by atoms with van der Waals surface area (Å²) in [7, 11) is 0. The second-order valence-electron chi connectivity index (χ2n) is 7.19. The molecule has 0 unspecified atom stereocenters. The molecule has 1 N–H and O–H groups in total. The second kappa shape index (κ2) is 8.68. The van der Waals surface area contributed by atoms with Crippen LogP contribution in [0.15, 0.2) is 61.1 Å². The summed E-state index contributed by atoms with van der Waals surface area (Å²) in [6.07, 6.45) is 7.88. The number of hydrogen-bond acceptors (Lipinski definition) is 5. The highest BCUT2D eigenvalue weighted by atomic mass is 15.3. The van der Waals surface area contributed by atoms with E-state index >= 15 is 0 Å². The van der Waals surface area contributed by atoms with Crippen LogP contribution in [0.1, 0.15) is 29.5 Å². The van der Waals surface area contributed by atoms with Gasteiger partial charge in [0, 0.05) is 43.6 Å². The van der Waals surface area contributed by atoms with E-state index in [-0.39, 0.29) is 0 Å². The maximum absolute atomic E-state index is 8.88. The van der Waals surface area contributed by atoms with Gasteiger partial charge in [0.1, 0.15) is 11.9 Å². The van der Waals surface area contributed by atoms with Gasteiger partial charge in [0.05, 0.1) is 18.3 Å². The minimum atomic E-state index is 0.507. The molecule has 3 aromatic rings. The van der Waals surface area contributed by atoms with Crippen LogP contribution in [-0.2, 0) is 13.1 Å². The molecule has 1 saturated heterocycles. The summed E-state index contributed by atoms with van der Waals surface area (Å²) in [5.41, 5.74) is 3.08. The number of nitrogens with one attached hydrogen (secondary N) is 1. The zero-order valence-electron chi connectivity index (χ0n) is 15.8. The number of anilines is 1. The summed E-state index contributed by atoms with van der Waals surface area (Å²) < 4.78 is 1.99. The van der Waals surface area contributed by atoms with Crippen LogP contribution >= 0.6 is 0 Å². The van der Waals surface area contributed by atoms with Crippen LogP contribution in [0.2, 0.25) is 0 Å². The quantitative estimate of drug-likeness (QED) is 0.720. The van der Waals surface area contributed by atoms with Gasteiger partial charge in [0.15, 0.2) is 0 Å². The van der Waals surface area contributed by atoms with E-state index in [9.17, 15) is 0 Å². The molecule has 0 bridgehead atoms. The Bertz CT molecular complexity index is 918. The Balaban J connectivity index is 1.24. The molecule has 0 saturated carbocycles. The third kappa shape index (κ3) is 4.56. The molecule has 1 aliphatic rings. The maximum Gasteiger partial charge on any atom is 0.128 e. The van der Waals surface area contributed by atoms with Crippen LogP contribution in [0, 0.1) is 11.3 Å². The van der Waals surface area contributed by atoms with Crippen molar-refractivity contribution in [1.82, 2.24) is 20.1 Å². The van der Waals surface area contributed by atoms with Gasteiger partial charge in [0.25, 0.3) is 0 Å². The van der Waals surface area contributed by atoms with Gasteiger partial charge in [-0.3, -0.25) is 4.68 Å². The summed E-state index contributed by atoms with van der Waals surface area (Å²) in [6, 6.07) is 16.8. The zero-order valence-corrected chi connectivity index (χ0v) is 15.8. The standard InChI is InChI=1S/C22H24N6/c23-12-19-6-7-22(25-13-19)27-10-8-21(9-11-27)24-14-20-15-26-28(17-20)16-18-4-2-1-3-5-18/h1-7,13,15,17,21,24H,8-11,14,16H2. The lowest BCUT2D eigenvalue weighted by molar-refractivity contribution is 0.412. The lowest BCUT2D eigenvalue weighted by atomic mass is 10.0. The fraction of sp³-hybridized carbons (Fsp3) is 0.318. The Hall–Kier alpha value is -3.17. The molecular weight excluding hydrogens is 348 g/mol. The molecule has 1 aromatic carbocycles. The van der Waals surface area contributed by atoms with E-state index in [0.29, 0.717) is 11.6 Å². The summed E-state index contributed by atoms with van der Waals surface area (Å²) in [5.74, 6) is 0.958. The Morgan fingerprint density at radius 3 is 2.57 bits per heavy atom. The number of piperidine rings is 1. The molecule has 6 heteroatoms. The average molecular weight is 372 g/mol. The van der Waals surface area contributed by atoms with E-state index in [4.69, 9.17) is 5.26 Å². The van der Waals surface area contributed by atoms with Crippen LogP contribution in [-0.4, -0.2) is 33.9 Å². The molecule has 0 radical (unpaired) electrons. The zero-order chi connectivity index (χ0) is 19.2. The first-order valence-corrected chi connectivity index (χ1v) is 9.70. The van der Waals surface area contributed by atoms with Gasteiger partial charge in [-0.1, -0.05) is 30.3 Å². The highest BCUT2D eigenvalue weighted by Gasteiger charge is 2.19. The monoisotopic (exact) mass is 372 g/mol. The predicted molar refractivity (Wildman–Crippen MR) is 109 cm³/mol. The van der Waals surface area contributed by atoms with E-state index in [1.54, 1.807) is 6.20 Å². The number of pyridine rings is 1. The molecule has 1 fully saturated rings. The van der Waals surface area contributed by atoms with Crippen LogP contribution in [0.4, 0.5) is 5.82 Å². The van der Waals surface area contributed by atoms with E-state index in [2.05, 4.69) is 56.8 Å². The highest BCUT2D eigenvalue weighted by Crippen LogP contribution is 2.18. The Morgan fingerprint density at radius 2 is 1.86 bits per heavy atom. The van der Waals surface area contributed by atoms with Crippen molar-refractivity contribution in [1.29, 1.82) is 5.26 Å². The molecule has 28 heavy (non-hydrogen) atoms. The lowest BCUT2D eigenvalue weighted by Gasteiger charge is -2.33. The minimum absolute atomic E-state index is 0.507. The highest BCUT2D eigenvalue weighted by molar-refractivity contribution is 5.42. The van der Waals surface area contributed by atoms with Crippen molar-refractivity contribution in [2.45, 2.75) is 32.0 Å². The first kappa shape index (κ1) is 18.2. The predicted octanol–water partition coefficient (Wildman–Crippen LogP) is 2.96. The number of benzene rings is 1. The lowest BCUT2D eigenvalue weighted by Crippen LogP contribution is -2.42. The molecule has 0 amide bonds. The third-order valence-corrected chi connectivity index (χ3v) is 5.16. The number of rotatable bonds is 6. The molecule has 2 aromatic heterocycles. The number of hydrogen-bond donors (Lipinski definition) is 1. The fourth-order valence-electron chi connectivity index (χ4n) is 3.57. The van der Waals surface area contributed by atoms with Gasteiger partial charge in [-0.15, -0.1) is 0 Å². The summed E-state index contributed by atoms with van der Waals surface area (Å²) in [4.78, 5) is 6.69.